The van der Waals surface area contributed by atoms with Gasteiger partial charge < -0.3 is 9.64 Å². The summed E-state index contributed by atoms with van der Waals surface area (Å²) in [6.07, 6.45) is 1.01. The number of rotatable bonds is 5. The van der Waals surface area contributed by atoms with Crippen molar-refractivity contribution in [3.8, 4) is 5.75 Å². The molecular weight excluding hydrogens is 424 g/mol. The second-order valence-electron chi connectivity index (χ2n) is 8.07. The first-order valence-corrected chi connectivity index (χ1v) is 11.2. The number of benzene rings is 2. The summed E-state index contributed by atoms with van der Waals surface area (Å²) in [5.41, 5.74) is 3.58. The van der Waals surface area contributed by atoms with Crippen LogP contribution < -0.4 is 9.64 Å². The van der Waals surface area contributed by atoms with Crippen molar-refractivity contribution >= 4 is 28.9 Å². The van der Waals surface area contributed by atoms with Gasteiger partial charge in [0.05, 0.1) is 22.8 Å². The molecule has 0 saturated carbocycles. The summed E-state index contributed by atoms with van der Waals surface area (Å²) in [6.45, 7) is 9.15. The van der Waals surface area contributed by atoms with Crippen molar-refractivity contribution in [2.75, 3.05) is 57.8 Å². The van der Waals surface area contributed by atoms with Gasteiger partial charge in [-0.15, -0.1) is 0 Å². The minimum atomic E-state index is -0.269. The molecule has 2 heterocycles. The number of piperazine rings is 1. The van der Waals surface area contributed by atoms with Crippen molar-refractivity contribution in [2.45, 2.75) is 19.4 Å². The maximum Gasteiger partial charge on any atom is 0.145 e. The Balaban J connectivity index is 1.31. The molecule has 2 aliphatic rings. The van der Waals surface area contributed by atoms with Gasteiger partial charge in [-0.05, 0) is 48.7 Å². The van der Waals surface area contributed by atoms with Crippen molar-refractivity contribution in [2.24, 2.45) is 0 Å². The Kier molecular flexibility index (Phi) is 6.73. The predicted molar refractivity (Wildman–Crippen MR) is 122 cm³/mol. The van der Waals surface area contributed by atoms with E-state index in [1.54, 1.807) is 7.11 Å². The monoisotopic (exact) mass is 451 g/mol. The molecule has 7 heteroatoms. The maximum absolute atomic E-state index is 13.5. The number of hydrogen-bond acceptors (Lipinski definition) is 4. The Morgan fingerprint density at radius 1 is 1.00 bits per heavy atom. The quantitative estimate of drug-likeness (QED) is 0.644. The average molecular weight is 452 g/mol. The van der Waals surface area contributed by atoms with Crippen LogP contribution in [0.3, 0.4) is 0 Å². The third-order valence-corrected chi connectivity index (χ3v) is 7.13. The molecule has 2 aliphatic heterocycles. The van der Waals surface area contributed by atoms with Crippen LogP contribution in [0.4, 0.5) is 10.1 Å². The molecule has 1 unspecified atom stereocenters. The lowest BCUT2D eigenvalue weighted by molar-refractivity contribution is 0.156. The summed E-state index contributed by atoms with van der Waals surface area (Å²) >= 11 is 12.5. The molecule has 0 bridgehead atoms. The highest BCUT2D eigenvalue weighted by Crippen LogP contribution is 2.35. The van der Waals surface area contributed by atoms with Crippen molar-refractivity contribution in [1.29, 1.82) is 0 Å². The first-order chi connectivity index (χ1) is 14.5. The predicted octanol–water partition coefficient (Wildman–Crippen LogP) is 4.88. The molecule has 0 spiro atoms. The molecule has 0 N–H and O–H groups in total. The first-order valence-electron chi connectivity index (χ1n) is 10.5. The molecule has 0 radical (unpaired) electrons. The fourth-order valence-electron chi connectivity index (χ4n) is 4.56. The Morgan fingerprint density at radius 3 is 2.47 bits per heavy atom. The highest BCUT2D eigenvalue weighted by molar-refractivity contribution is 6.42. The summed E-state index contributed by atoms with van der Waals surface area (Å²) in [7, 11) is 1.59. The minimum Gasteiger partial charge on any atom is -0.494 e. The van der Waals surface area contributed by atoms with Crippen LogP contribution in [0.2, 0.25) is 10.0 Å². The SMILES string of the molecule is COc1cc(F)ccc1N1CCN(CCN2CCc3cc(Cl)c(Cl)cc3C2C)CC1. The second kappa shape index (κ2) is 9.31. The topological polar surface area (TPSA) is 19.0 Å². The van der Waals surface area contributed by atoms with E-state index in [1.807, 2.05) is 18.2 Å². The highest BCUT2D eigenvalue weighted by Gasteiger charge is 2.26. The second-order valence-corrected chi connectivity index (χ2v) is 8.89. The highest BCUT2D eigenvalue weighted by atomic mass is 35.5. The smallest absolute Gasteiger partial charge is 0.145 e. The van der Waals surface area contributed by atoms with Crippen LogP contribution in [0.15, 0.2) is 30.3 Å². The van der Waals surface area contributed by atoms with E-state index in [0.29, 0.717) is 21.8 Å². The van der Waals surface area contributed by atoms with Gasteiger partial charge in [0.2, 0.25) is 0 Å². The third-order valence-electron chi connectivity index (χ3n) is 6.41. The molecule has 4 nitrogen and oxygen atoms in total. The molecule has 0 amide bonds. The summed E-state index contributed by atoms with van der Waals surface area (Å²) < 4.78 is 18.9. The number of halogens is 3. The van der Waals surface area contributed by atoms with E-state index in [-0.39, 0.29) is 5.82 Å². The summed E-state index contributed by atoms with van der Waals surface area (Å²) in [5, 5.41) is 1.28. The maximum atomic E-state index is 13.5. The van der Waals surface area contributed by atoms with E-state index in [1.165, 1.54) is 23.3 Å². The molecule has 1 atom stereocenters. The van der Waals surface area contributed by atoms with Crippen LogP contribution in [0.5, 0.6) is 5.75 Å². The van der Waals surface area contributed by atoms with Gasteiger partial charge in [0, 0.05) is 57.9 Å². The molecule has 1 fully saturated rings. The molecule has 1 saturated heterocycles. The van der Waals surface area contributed by atoms with Crippen molar-refractivity contribution in [3.63, 3.8) is 0 Å². The zero-order valence-corrected chi connectivity index (χ0v) is 19.0. The Morgan fingerprint density at radius 2 is 1.73 bits per heavy atom. The van der Waals surface area contributed by atoms with Crippen LogP contribution in [0.25, 0.3) is 0 Å². The molecule has 2 aromatic carbocycles. The van der Waals surface area contributed by atoms with Gasteiger partial charge in [-0.1, -0.05) is 23.2 Å². The Bertz CT molecular complexity index is 902. The molecule has 4 rings (SSSR count). The van der Waals surface area contributed by atoms with E-state index in [4.69, 9.17) is 27.9 Å². The molecule has 30 heavy (non-hydrogen) atoms. The van der Waals surface area contributed by atoms with E-state index in [9.17, 15) is 4.39 Å². The van der Waals surface area contributed by atoms with Crippen LogP contribution in [-0.4, -0.2) is 62.7 Å². The van der Waals surface area contributed by atoms with Crippen LogP contribution >= 0.6 is 23.2 Å². The van der Waals surface area contributed by atoms with Gasteiger partial charge in [0.15, 0.2) is 0 Å². The first kappa shape index (κ1) is 21.7. The third kappa shape index (κ3) is 4.54. The van der Waals surface area contributed by atoms with Crippen LogP contribution in [0.1, 0.15) is 24.1 Å². The lowest BCUT2D eigenvalue weighted by atomic mass is 9.93. The van der Waals surface area contributed by atoms with E-state index in [0.717, 1.165) is 57.9 Å². The standard InChI is InChI=1S/C23H28Cl2FN3O/c1-16-19-15-21(25)20(24)13-17(19)5-6-28(16)10-7-27-8-11-29(12-9-27)22-4-3-18(26)14-23(22)30-2/h3-4,13-16H,5-12H2,1-2H3. The summed E-state index contributed by atoms with van der Waals surface area (Å²) in [4.78, 5) is 7.31. The van der Waals surface area contributed by atoms with Gasteiger partial charge in [-0.3, -0.25) is 9.80 Å². The van der Waals surface area contributed by atoms with E-state index in [2.05, 4.69) is 21.6 Å². The lowest BCUT2D eigenvalue weighted by Gasteiger charge is -2.39. The molecule has 2 aromatic rings. The molecule has 0 aromatic heterocycles. The fourth-order valence-corrected chi connectivity index (χ4v) is 4.92. The number of nitrogens with zero attached hydrogens (tertiary/aromatic N) is 3. The van der Waals surface area contributed by atoms with E-state index < -0.39 is 0 Å². The zero-order chi connectivity index (χ0) is 21.3. The number of ether oxygens (including phenoxy) is 1. The number of anilines is 1. The number of fused-ring (bicyclic) bond motifs is 1. The van der Waals surface area contributed by atoms with Gasteiger partial charge >= 0.3 is 0 Å². The van der Waals surface area contributed by atoms with Crippen LogP contribution in [-0.2, 0) is 6.42 Å². The Hall–Kier alpha value is -1.53. The normalized spacial score (nSPS) is 20.3. The zero-order valence-electron chi connectivity index (χ0n) is 17.5. The molecule has 162 valence electrons. The van der Waals surface area contributed by atoms with Crippen molar-refractivity contribution in [1.82, 2.24) is 9.80 Å². The largest absolute Gasteiger partial charge is 0.494 e. The Labute approximate surface area is 188 Å². The minimum absolute atomic E-state index is 0.269. The molecular formula is C23H28Cl2FN3O. The van der Waals surface area contributed by atoms with Crippen molar-refractivity contribution < 1.29 is 9.13 Å². The van der Waals surface area contributed by atoms with Gasteiger partial charge in [-0.2, -0.15) is 0 Å². The van der Waals surface area contributed by atoms with Gasteiger partial charge in [0.1, 0.15) is 11.6 Å². The molecule has 0 aliphatic carbocycles. The number of methoxy groups -OCH3 is 1. The number of hydrogen-bond donors (Lipinski definition) is 0. The van der Waals surface area contributed by atoms with E-state index >= 15 is 0 Å². The van der Waals surface area contributed by atoms with Gasteiger partial charge in [0.25, 0.3) is 0 Å². The van der Waals surface area contributed by atoms with Crippen molar-refractivity contribution in [3.05, 3.63) is 57.3 Å². The average Bonchev–Trinajstić information content (AvgIpc) is 2.75. The lowest BCUT2D eigenvalue weighted by Crippen LogP contribution is -2.49. The van der Waals surface area contributed by atoms with Crippen LogP contribution in [0, 0.1) is 5.82 Å². The summed E-state index contributed by atoms with van der Waals surface area (Å²) in [6, 6.07) is 9.17. The van der Waals surface area contributed by atoms with Gasteiger partial charge in [-0.25, -0.2) is 4.39 Å². The fraction of sp³-hybridized carbons (Fsp3) is 0.478. The summed E-state index contributed by atoms with van der Waals surface area (Å²) in [5.74, 6) is 0.332.